The lowest BCUT2D eigenvalue weighted by Gasteiger charge is -2.26. The van der Waals surface area contributed by atoms with E-state index in [0.717, 1.165) is 4.90 Å². The monoisotopic (exact) mass is 232 g/mol. The van der Waals surface area contributed by atoms with Crippen LogP contribution >= 0.6 is 0 Å². The topological polar surface area (TPSA) is 72.6 Å². The third kappa shape index (κ3) is 3.08. The van der Waals surface area contributed by atoms with E-state index in [2.05, 4.69) is 0 Å². The number of rotatable bonds is 1. The Bertz CT molecular complexity index is 301. The standard InChI is InChI=1S/C10H17FN2O3/c1-10(2,3)16-9(15)13-5-6(11)4-7(13)8(12)14/h6-7H,4-5H2,1-3H3,(H2,12,14)/t6-,7+/m1/s1. The molecule has 0 aromatic rings. The third-order valence-electron chi connectivity index (χ3n) is 2.21. The molecule has 1 rings (SSSR count). The molecule has 1 heterocycles. The fourth-order valence-corrected chi connectivity index (χ4v) is 1.58. The molecule has 16 heavy (non-hydrogen) atoms. The molecule has 1 aliphatic heterocycles. The highest BCUT2D eigenvalue weighted by atomic mass is 19.1. The number of halogens is 1. The second kappa shape index (κ2) is 4.27. The van der Waals surface area contributed by atoms with Gasteiger partial charge in [-0.05, 0) is 20.8 Å². The molecule has 0 aliphatic carbocycles. The van der Waals surface area contributed by atoms with Crippen molar-refractivity contribution in [2.24, 2.45) is 5.73 Å². The molecule has 2 atom stereocenters. The Morgan fingerprint density at radius 2 is 2.00 bits per heavy atom. The van der Waals surface area contributed by atoms with E-state index in [0.29, 0.717) is 0 Å². The van der Waals surface area contributed by atoms with Gasteiger partial charge >= 0.3 is 6.09 Å². The van der Waals surface area contributed by atoms with Crippen molar-refractivity contribution in [1.29, 1.82) is 0 Å². The molecule has 6 heteroatoms. The number of amides is 2. The lowest BCUT2D eigenvalue weighted by atomic mass is 10.2. The molecule has 0 aromatic heterocycles. The highest BCUT2D eigenvalue weighted by Crippen LogP contribution is 2.22. The van der Waals surface area contributed by atoms with Gasteiger partial charge in [-0.25, -0.2) is 9.18 Å². The van der Waals surface area contributed by atoms with Crippen LogP contribution in [0.25, 0.3) is 0 Å². The average Bonchev–Trinajstić information content (AvgIpc) is 2.44. The Hall–Kier alpha value is -1.33. The highest BCUT2D eigenvalue weighted by molar-refractivity contribution is 5.85. The van der Waals surface area contributed by atoms with Crippen molar-refractivity contribution in [1.82, 2.24) is 4.90 Å². The summed E-state index contributed by atoms with van der Waals surface area (Å²) in [5.74, 6) is -0.703. The smallest absolute Gasteiger partial charge is 0.411 e. The van der Waals surface area contributed by atoms with Crippen LogP contribution in [0.1, 0.15) is 27.2 Å². The van der Waals surface area contributed by atoms with Gasteiger partial charge in [-0.15, -0.1) is 0 Å². The second-order valence-corrected chi connectivity index (χ2v) is 4.88. The number of carbonyl (C=O) groups excluding carboxylic acids is 2. The molecule has 0 radical (unpaired) electrons. The van der Waals surface area contributed by atoms with Crippen LogP contribution in [0.5, 0.6) is 0 Å². The number of likely N-dealkylation sites (tertiary alicyclic amines) is 1. The van der Waals surface area contributed by atoms with Crippen LogP contribution in [0.4, 0.5) is 9.18 Å². The van der Waals surface area contributed by atoms with Gasteiger partial charge in [0.05, 0.1) is 6.54 Å². The zero-order valence-electron chi connectivity index (χ0n) is 9.70. The van der Waals surface area contributed by atoms with Gasteiger partial charge < -0.3 is 10.5 Å². The molecule has 5 nitrogen and oxygen atoms in total. The quantitative estimate of drug-likeness (QED) is 0.727. The Labute approximate surface area is 93.7 Å². The molecule has 0 spiro atoms. The minimum Gasteiger partial charge on any atom is -0.444 e. The number of hydrogen-bond donors (Lipinski definition) is 1. The van der Waals surface area contributed by atoms with E-state index in [-0.39, 0.29) is 13.0 Å². The molecule has 0 bridgehead atoms. The summed E-state index contributed by atoms with van der Waals surface area (Å²) >= 11 is 0. The Morgan fingerprint density at radius 1 is 1.44 bits per heavy atom. The van der Waals surface area contributed by atoms with Gasteiger partial charge in [0.25, 0.3) is 0 Å². The van der Waals surface area contributed by atoms with E-state index < -0.39 is 29.8 Å². The van der Waals surface area contributed by atoms with E-state index >= 15 is 0 Å². The van der Waals surface area contributed by atoms with Gasteiger partial charge in [0.2, 0.25) is 5.91 Å². The summed E-state index contributed by atoms with van der Waals surface area (Å²) in [7, 11) is 0. The van der Waals surface area contributed by atoms with Crippen LogP contribution in [0.3, 0.4) is 0 Å². The van der Waals surface area contributed by atoms with Crippen molar-refractivity contribution in [3.05, 3.63) is 0 Å². The summed E-state index contributed by atoms with van der Waals surface area (Å²) in [4.78, 5) is 23.7. The summed E-state index contributed by atoms with van der Waals surface area (Å²) < 4.78 is 18.2. The second-order valence-electron chi connectivity index (χ2n) is 4.88. The Morgan fingerprint density at radius 3 is 2.44 bits per heavy atom. The summed E-state index contributed by atoms with van der Waals surface area (Å²) in [5, 5.41) is 0. The van der Waals surface area contributed by atoms with E-state index in [1.807, 2.05) is 0 Å². The van der Waals surface area contributed by atoms with Crippen molar-refractivity contribution in [3.63, 3.8) is 0 Å². The molecule has 0 saturated carbocycles. The zero-order chi connectivity index (χ0) is 12.5. The summed E-state index contributed by atoms with van der Waals surface area (Å²) in [6, 6.07) is -0.898. The molecule has 2 N–H and O–H groups in total. The summed E-state index contributed by atoms with van der Waals surface area (Å²) in [5.41, 5.74) is 4.42. The maximum Gasteiger partial charge on any atom is 0.411 e. The molecule has 1 fully saturated rings. The Balaban J connectivity index is 2.71. The fourth-order valence-electron chi connectivity index (χ4n) is 1.58. The van der Waals surface area contributed by atoms with Gasteiger partial charge in [-0.2, -0.15) is 0 Å². The van der Waals surface area contributed by atoms with Crippen LogP contribution in [-0.2, 0) is 9.53 Å². The Kier molecular flexibility index (Phi) is 3.40. The number of carbonyl (C=O) groups is 2. The first-order chi connectivity index (χ1) is 7.20. The van der Waals surface area contributed by atoms with E-state index in [9.17, 15) is 14.0 Å². The molecule has 0 aromatic carbocycles. The minimum absolute atomic E-state index is 0.0470. The van der Waals surface area contributed by atoms with Crippen molar-refractivity contribution in [2.75, 3.05) is 6.54 Å². The fraction of sp³-hybridized carbons (Fsp3) is 0.800. The molecular formula is C10H17FN2O3. The van der Waals surface area contributed by atoms with Gasteiger partial charge in [0, 0.05) is 6.42 Å². The predicted octanol–water partition coefficient (Wildman–Crippen LogP) is 0.819. The normalized spacial score (nSPS) is 25.6. The number of hydrogen-bond acceptors (Lipinski definition) is 3. The maximum atomic E-state index is 13.1. The van der Waals surface area contributed by atoms with Crippen LogP contribution in [-0.4, -0.2) is 41.3 Å². The first-order valence-corrected chi connectivity index (χ1v) is 5.13. The first-order valence-electron chi connectivity index (χ1n) is 5.13. The molecule has 2 amide bonds. The first kappa shape index (κ1) is 12.7. The van der Waals surface area contributed by atoms with Crippen LogP contribution in [0, 0.1) is 0 Å². The molecule has 1 aliphatic rings. The predicted molar refractivity (Wildman–Crippen MR) is 55.4 cm³/mol. The van der Waals surface area contributed by atoms with Crippen molar-refractivity contribution < 1.29 is 18.7 Å². The van der Waals surface area contributed by atoms with Crippen LogP contribution < -0.4 is 5.73 Å². The number of alkyl halides is 1. The third-order valence-corrected chi connectivity index (χ3v) is 2.21. The summed E-state index contributed by atoms with van der Waals surface area (Å²) in [6.45, 7) is 4.97. The number of ether oxygens (including phenoxy) is 1. The lowest BCUT2D eigenvalue weighted by Crippen LogP contribution is -2.45. The zero-order valence-corrected chi connectivity index (χ0v) is 9.70. The lowest BCUT2D eigenvalue weighted by molar-refractivity contribution is -0.122. The van der Waals surface area contributed by atoms with Gasteiger partial charge in [-0.3, -0.25) is 9.69 Å². The molecular weight excluding hydrogens is 215 g/mol. The van der Waals surface area contributed by atoms with Gasteiger partial charge in [-0.1, -0.05) is 0 Å². The van der Waals surface area contributed by atoms with E-state index in [1.54, 1.807) is 20.8 Å². The van der Waals surface area contributed by atoms with E-state index in [4.69, 9.17) is 10.5 Å². The highest BCUT2D eigenvalue weighted by Gasteiger charge is 2.40. The number of primary amides is 1. The molecule has 1 saturated heterocycles. The van der Waals surface area contributed by atoms with Gasteiger partial charge in [0.1, 0.15) is 17.8 Å². The largest absolute Gasteiger partial charge is 0.444 e. The van der Waals surface area contributed by atoms with E-state index in [1.165, 1.54) is 0 Å². The SMILES string of the molecule is CC(C)(C)OC(=O)N1C[C@H](F)C[C@H]1C(N)=O. The van der Waals surface area contributed by atoms with Crippen LogP contribution in [0.15, 0.2) is 0 Å². The van der Waals surface area contributed by atoms with Gasteiger partial charge in [0.15, 0.2) is 0 Å². The van der Waals surface area contributed by atoms with Crippen molar-refractivity contribution in [2.45, 2.75) is 45.0 Å². The average molecular weight is 232 g/mol. The molecule has 92 valence electrons. The summed E-state index contributed by atoms with van der Waals surface area (Å²) in [6.07, 6.45) is -1.96. The van der Waals surface area contributed by atoms with Crippen LogP contribution in [0.2, 0.25) is 0 Å². The maximum absolute atomic E-state index is 13.1. The number of nitrogens with zero attached hydrogens (tertiary/aromatic N) is 1. The molecule has 0 unspecified atom stereocenters. The minimum atomic E-state index is -1.22. The number of nitrogens with two attached hydrogens (primary N) is 1. The van der Waals surface area contributed by atoms with Crippen molar-refractivity contribution >= 4 is 12.0 Å². The van der Waals surface area contributed by atoms with Crippen molar-refractivity contribution in [3.8, 4) is 0 Å².